The minimum absolute atomic E-state index is 0.0678. The average molecular weight is 448 g/mol. The number of rotatable bonds is 7. The lowest BCUT2D eigenvalue weighted by Gasteiger charge is -2.37. The van der Waals surface area contributed by atoms with Crippen LogP contribution in [0.3, 0.4) is 0 Å². The van der Waals surface area contributed by atoms with E-state index in [4.69, 9.17) is 0 Å². The molecule has 0 N–H and O–H groups in total. The molecular weight excluding hydrogens is 418 g/mol. The molecule has 1 aliphatic heterocycles. The molecule has 33 heavy (non-hydrogen) atoms. The zero-order valence-corrected chi connectivity index (χ0v) is 19.1. The first-order valence-electron chi connectivity index (χ1n) is 11.3. The van der Waals surface area contributed by atoms with E-state index in [0.717, 1.165) is 42.8 Å². The lowest BCUT2D eigenvalue weighted by atomic mass is 10.1. The molecule has 172 valence electrons. The van der Waals surface area contributed by atoms with Gasteiger partial charge in [0, 0.05) is 68.3 Å². The molecule has 0 saturated carbocycles. The van der Waals surface area contributed by atoms with Gasteiger partial charge in [0.05, 0.1) is 16.9 Å². The molecule has 8 heteroatoms. The normalized spacial score (nSPS) is 14.6. The minimum Gasteiger partial charge on any atom is -0.368 e. The fourth-order valence-electron chi connectivity index (χ4n) is 4.36. The Labute approximate surface area is 193 Å². The smallest absolute Gasteiger partial charge is 0.278 e. The zero-order valence-electron chi connectivity index (χ0n) is 19.1. The van der Waals surface area contributed by atoms with Crippen molar-refractivity contribution in [1.82, 2.24) is 14.8 Å². The summed E-state index contributed by atoms with van der Waals surface area (Å²) in [4.78, 5) is 34.5. The number of nitrogens with zero attached hydrogens (tertiary/aromatic N) is 5. The molecule has 1 fully saturated rings. The van der Waals surface area contributed by atoms with Crippen LogP contribution in [-0.4, -0.2) is 64.4 Å². The summed E-state index contributed by atoms with van der Waals surface area (Å²) in [6.45, 7) is 8.12. The SMILES string of the molecule is CC(C)N(Cc1ccccc1)C(=O)CN1CCN(c2ccc([N+](=O)[O-])c3cnccc23)CC1. The number of nitro groups is 1. The first-order chi connectivity index (χ1) is 15.9. The number of anilines is 1. The molecule has 1 aliphatic rings. The molecule has 0 bridgehead atoms. The van der Waals surface area contributed by atoms with E-state index in [1.54, 1.807) is 18.5 Å². The predicted octanol–water partition coefficient (Wildman–Crippen LogP) is 3.70. The number of nitro benzene ring substituents is 1. The van der Waals surface area contributed by atoms with Crippen molar-refractivity contribution in [3.8, 4) is 0 Å². The van der Waals surface area contributed by atoms with E-state index >= 15 is 0 Å². The third kappa shape index (κ3) is 5.12. The summed E-state index contributed by atoms with van der Waals surface area (Å²) in [6.07, 6.45) is 3.22. The molecule has 0 atom stereocenters. The molecule has 1 amide bonds. The van der Waals surface area contributed by atoms with Crippen molar-refractivity contribution in [2.75, 3.05) is 37.6 Å². The van der Waals surface area contributed by atoms with Crippen molar-refractivity contribution in [2.24, 2.45) is 0 Å². The Kier molecular flexibility index (Phi) is 6.84. The average Bonchev–Trinajstić information content (AvgIpc) is 2.82. The van der Waals surface area contributed by atoms with Gasteiger partial charge in [-0.2, -0.15) is 0 Å². The monoisotopic (exact) mass is 447 g/mol. The summed E-state index contributed by atoms with van der Waals surface area (Å²) < 4.78 is 0. The third-order valence-corrected chi connectivity index (χ3v) is 6.18. The van der Waals surface area contributed by atoms with E-state index in [0.29, 0.717) is 18.5 Å². The number of carbonyl (C=O) groups is 1. The number of benzene rings is 2. The topological polar surface area (TPSA) is 82.8 Å². The van der Waals surface area contributed by atoms with Crippen LogP contribution in [0.15, 0.2) is 60.9 Å². The quantitative estimate of drug-likeness (QED) is 0.406. The molecular formula is C25H29N5O3. The van der Waals surface area contributed by atoms with Gasteiger partial charge in [-0.05, 0) is 31.5 Å². The van der Waals surface area contributed by atoms with Gasteiger partial charge in [-0.3, -0.25) is 24.8 Å². The van der Waals surface area contributed by atoms with Crippen LogP contribution in [0.1, 0.15) is 19.4 Å². The van der Waals surface area contributed by atoms with Crippen LogP contribution in [0.25, 0.3) is 10.8 Å². The molecule has 0 unspecified atom stereocenters. The number of pyridine rings is 1. The summed E-state index contributed by atoms with van der Waals surface area (Å²) >= 11 is 0. The van der Waals surface area contributed by atoms with Gasteiger partial charge in [0.15, 0.2) is 0 Å². The summed E-state index contributed by atoms with van der Waals surface area (Å²) in [5.41, 5.74) is 2.17. The van der Waals surface area contributed by atoms with Crippen LogP contribution in [-0.2, 0) is 11.3 Å². The third-order valence-electron chi connectivity index (χ3n) is 6.18. The molecule has 0 radical (unpaired) electrons. The summed E-state index contributed by atoms with van der Waals surface area (Å²) in [5, 5.41) is 12.8. The largest absolute Gasteiger partial charge is 0.368 e. The van der Waals surface area contributed by atoms with Crippen LogP contribution < -0.4 is 4.90 Å². The number of hydrogen-bond donors (Lipinski definition) is 0. The van der Waals surface area contributed by atoms with E-state index < -0.39 is 0 Å². The first kappa shape index (κ1) is 22.7. The predicted molar refractivity (Wildman–Crippen MR) is 129 cm³/mol. The number of hydrogen-bond acceptors (Lipinski definition) is 6. The van der Waals surface area contributed by atoms with Crippen molar-refractivity contribution in [2.45, 2.75) is 26.4 Å². The van der Waals surface area contributed by atoms with Crippen LogP contribution in [0.4, 0.5) is 11.4 Å². The highest BCUT2D eigenvalue weighted by molar-refractivity contribution is 5.99. The van der Waals surface area contributed by atoms with Crippen molar-refractivity contribution >= 4 is 28.1 Å². The summed E-state index contributed by atoms with van der Waals surface area (Å²) in [6, 6.07) is 15.4. The standard InChI is InChI=1S/C25H29N5O3/c1-19(2)29(17-20-6-4-3-5-7-20)25(31)18-27-12-14-28(15-13-27)23-8-9-24(30(32)33)22-16-26-11-10-21(22)23/h3-11,16,19H,12-15,17-18H2,1-2H3. The summed E-state index contributed by atoms with van der Waals surface area (Å²) in [5.74, 6) is 0.133. The van der Waals surface area contributed by atoms with E-state index in [1.807, 2.05) is 61.2 Å². The molecule has 2 heterocycles. The highest BCUT2D eigenvalue weighted by Gasteiger charge is 2.25. The first-order valence-corrected chi connectivity index (χ1v) is 11.3. The van der Waals surface area contributed by atoms with Gasteiger partial charge in [0.2, 0.25) is 5.91 Å². The lowest BCUT2D eigenvalue weighted by Crippen LogP contribution is -2.51. The number of aromatic nitrogens is 1. The van der Waals surface area contributed by atoms with Gasteiger partial charge in [-0.1, -0.05) is 30.3 Å². The summed E-state index contributed by atoms with van der Waals surface area (Å²) in [7, 11) is 0. The Morgan fingerprint density at radius 2 is 1.79 bits per heavy atom. The van der Waals surface area contributed by atoms with Gasteiger partial charge in [-0.15, -0.1) is 0 Å². The number of amides is 1. The Morgan fingerprint density at radius 3 is 2.45 bits per heavy atom. The van der Waals surface area contributed by atoms with Crippen molar-refractivity contribution in [1.29, 1.82) is 0 Å². The van der Waals surface area contributed by atoms with Gasteiger partial charge in [0.25, 0.3) is 5.69 Å². The number of carbonyl (C=O) groups excluding carboxylic acids is 1. The van der Waals surface area contributed by atoms with Gasteiger partial charge in [-0.25, -0.2) is 0 Å². The second-order valence-electron chi connectivity index (χ2n) is 8.65. The fourth-order valence-corrected chi connectivity index (χ4v) is 4.36. The molecule has 1 saturated heterocycles. The molecule has 0 spiro atoms. The minimum atomic E-state index is -0.368. The second kappa shape index (κ2) is 9.95. The van der Waals surface area contributed by atoms with Crippen LogP contribution in [0.2, 0.25) is 0 Å². The molecule has 3 aromatic rings. The van der Waals surface area contributed by atoms with Crippen LogP contribution >= 0.6 is 0 Å². The van der Waals surface area contributed by atoms with Crippen LogP contribution in [0.5, 0.6) is 0 Å². The van der Waals surface area contributed by atoms with Crippen molar-refractivity contribution in [3.63, 3.8) is 0 Å². The maximum absolute atomic E-state index is 13.1. The van der Waals surface area contributed by atoms with Gasteiger partial charge >= 0.3 is 0 Å². The number of fused-ring (bicyclic) bond motifs is 1. The van der Waals surface area contributed by atoms with E-state index in [2.05, 4.69) is 14.8 Å². The molecule has 2 aromatic carbocycles. The van der Waals surface area contributed by atoms with Crippen molar-refractivity contribution in [3.05, 3.63) is 76.6 Å². The number of non-ortho nitro benzene ring substituents is 1. The Morgan fingerprint density at radius 1 is 1.06 bits per heavy atom. The van der Waals surface area contributed by atoms with Gasteiger partial charge in [0.1, 0.15) is 0 Å². The zero-order chi connectivity index (χ0) is 23.4. The van der Waals surface area contributed by atoms with E-state index in [9.17, 15) is 14.9 Å². The molecule has 1 aromatic heterocycles. The van der Waals surface area contributed by atoms with E-state index in [-0.39, 0.29) is 22.6 Å². The lowest BCUT2D eigenvalue weighted by molar-refractivity contribution is -0.383. The Bertz CT molecular complexity index is 1130. The Balaban J connectivity index is 1.41. The Hall–Kier alpha value is -3.52. The molecule has 8 nitrogen and oxygen atoms in total. The second-order valence-corrected chi connectivity index (χ2v) is 8.65. The highest BCUT2D eigenvalue weighted by atomic mass is 16.6. The van der Waals surface area contributed by atoms with Crippen LogP contribution in [0, 0.1) is 10.1 Å². The van der Waals surface area contributed by atoms with Crippen molar-refractivity contribution < 1.29 is 9.72 Å². The van der Waals surface area contributed by atoms with E-state index in [1.165, 1.54) is 0 Å². The molecule has 0 aliphatic carbocycles. The maximum Gasteiger partial charge on any atom is 0.278 e. The number of piperazine rings is 1. The highest BCUT2D eigenvalue weighted by Crippen LogP contribution is 2.33. The maximum atomic E-state index is 13.1. The van der Waals surface area contributed by atoms with Gasteiger partial charge < -0.3 is 9.80 Å². The molecule has 4 rings (SSSR count). The fraction of sp³-hybridized carbons (Fsp3) is 0.360.